The van der Waals surface area contributed by atoms with Crippen LogP contribution in [0.15, 0.2) is 48.5 Å². The summed E-state index contributed by atoms with van der Waals surface area (Å²) >= 11 is 0. The zero-order valence-corrected chi connectivity index (χ0v) is 20.4. The number of benzene rings is 2. The van der Waals surface area contributed by atoms with Gasteiger partial charge in [0.1, 0.15) is 6.61 Å². The number of hydrogen-bond acceptors (Lipinski definition) is 4. The average Bonchev–Trinajstić information content (AvgIpc) is 3.39. The van der Waals surface area contributed by atoms with Gasteiger partial charge < -0.3 is 20.5 Å². The van der Waals surface area contributed by atoms with E-state index in [4.69, 9.17) is 9.84 Å². The first-order chi connectivity index (χ1) is 16.8. The second-order valence-electron chi connectivity index (χ2n) is 10.1. The molecule has 0 aromatic heterocycles. The van der Waals surface area contributed by atoms with Crippen molar-refractivity contribution < 1.29 is 24.2 Å². The number of carbonyl (C=O) groups is 3. The van der Waals surface area contributed by atoms with Crippen molar-refractivity contribution in [3.63, 3.8) is 0 Å². The Balaban J connectivity index is 1.39. The van der Waals surface area contributed by atoms with Crippen molar-refractivity contribution in [3.05, 3.63) is 59.7 Å². The van der Waals surface area contributed by atoms with Crippen molar-refractivity contribution in [2.75, 3.05) is 6.61 Å². The fraction of sp³-hybridized carbons (Fsp3) is 0.464. The van der Waals surface area contributed by atoms with Gasteiger partial charge in [-0.2, -0.15) is 0 Å². The summed E-state index contributed by atoms with van der Waals surface area (Å²) in [6.45, 7) is 3.98. The van der Waals surface area contributed by atoms with Crippen molar-refractivity contribution in [3.8, 4) is 11.1 Å². The minimum atomic E-state index is -0.948. The van der Waals surface area contributed by atoms with Gasteiger partial charge in [-0.15, -0.1) is 0 Å². The Morgan fingerprint density at radius 3 is 2.11 bits per heavy atom. The molecular weight excluding hydrogens is 444 g/mol. The smallest absolute Gasteiger partial charge is 0.407 e. The van der Waals surface area contributed by atoms with Gasteiger partial charge in [0.25, 0.3) is 0 Å². The minimum absolute atomic E-state index is 0.00957. The number of rotatable bonds is 9. The number of hydrogen-bond donors (Lipinski definition) is 3. The van der Waals surface area contributed by atoms with Gasteiger partial charge in [0.2, 0.25) is 5.91 Å². The topological polar surface area (TPSA) is 105 Å². The highest BCUT2D eigenvalue weighted by Crippen LogP contribution is 2.44. The molecule has 0 saturated heterocycles. The van der Waals surface area contributed by atoms with Crippen molar-refractivity contribution in [2.24, 2.45) is 5.92 Å². The summed E-state index contributed by atoms with van der Waals surface area (Å²) in [5.74, 6) is -1.23. The molecule has 1 atom stereocenters. The number of fused-ring (bicyclic) bond motifs is 3. The number of carboxylic acid groups (broad SMARTS) is 1. The highest BCUT2D eigenvalue weighted by atomic mass is 16.5. The van der Waals surface area contributed by atoms with Crippen LogP contribution in [0.1, 0.15) is 69.4 Å². The molecule has 0 heterocycles. The molecule has 7 heteroatoms. The first kappa shape index (κ1) is 24.8. The first-order valence-electron chi connectivity index (χ1n) is 12.4. The maximum atomic E-state index is 12.9. The molecule has 3 N–H and O–H groups in total. The van der Waals surface area contributed by atoms with Gasteiger partial charge >= 0.3 is 12.1 Å². The summed E-state index contributed by atoms with van der Waals surface area (Å²) in [5.41, 5.74) is 3.96. The fourth-order valence-electron chi connectivity index (χ4n) is 5.46. The molecule has 4 rings (SSSR count). The van der Waals surface area contributed by atoms with Gasteiger partial charge in [-0.1, -0.05) is 75.2 Å². The highest BCUT2D eigenvalue weighted by Gasteiger charge is 2.39. The second-order valence-corrected chi connectivity index (χ2v) is 10.1. The lowest BCUT2D eigenvalue weighted by Crippen LogP contribution is -2.51. The average molecular weight is 479 g/mol. The second kappa shape index (κ2) is 10.5. The van der Waals surface area contributed by atoms with Crippen molar-refractivity contribution >= 4 is 18.0 Å². The van der Waals surface area contributed by atoms with Crippen LogP contribution in [-0.2, 0) is 14.3 Å². The third-order valence-corrected chi connectivity index (χ3v) is 7.32. The molecule has 2 aliphatic carbocycles. The van der Waals surface area contributed by atoms with Crippen LogP contribution >= 0.6 is 0 Å². The van der Waals surface area contributed by atoms with Crippen molar-refractivity contribution in [1.82, 2.24) is 10.6 Å². The van der Waals surface area contributed by atoms with Gasteiger partial charge in [0.15, 0.2) is 0 Å². The Labute approximate surface area is 206 Å². The van der Waals surface area contributed by atoms with Crippen molar-refractivity contribution in [2.45, 2.75) is 69.9 Å². The predicted octanol–water partition coefficient (Wildman–Crippen LogP) is 4.84. The van der Waals surface area contributed by atoms with E-state index in [1.807, 2.05) is 38.1 Å². The Morgan fingerprint density at radius 2 is 1.57 bits per heavy atom. The summed E-state index contributed by atoms with van der Waals surface area (Å²) in [6, 6.07) is 15.9. The number of amides is 2. The summed E-state index contributed by atoms with van der Waals surface area (Å²) in [7, 11) is 0. The third-order valence-electron chi connectivity index (χ3n) is 7.32. The maximum absolute atomic E-state index is 12.9. The molecule has 7 nitrogen and oxygen atoms in total. The summed E-state index contributed by atoms with van der Waals surface area (Å²) < 4.78 is 5.72. The number of carbonyl (C=O) groups excluding carboxylic acids is 2. The molecule has 2 amide bonds. The molecule has 0 spiro atoms. The number of carboxylic acids is 1. The van der Waals surface area contributed by atoms with Crippen LogP contribution in [0.4, 0.5) is 4.79 Å². The lowest BCUT2D eigenvalue weighted by atomic mass is 9.92. The van der Waals surface area contributed by atoms with Crippen LogP contribution in [0.2, 0.25) is 0 Å². The molecule has 0 radical (unpaired) electrons. The van der Waals surface area contributed by atoms with Crippen LogP contribution in [0.5, 0.6) is 0 Å². The zero-order valence-electron chi connectivity index (χ0n) is 20.4. The fourth-order valence-corrected chi connectivity index (χ4v) is 5.46. The molecule has 2 aromatic rings. The van der Waals surface area contributed by atoms with E-state index in [1.54, 1.807) is 0 Å². The molecule has 0 aliphatic heterocycles. The Morgan fingerprint density at radius 1 is 1.00 bits per heavy atom. The van der Waals surface area contributed by atoms with E-state index in [-0.39, 0.29) is 37.2 Å². The summed E-state index contributed by atoms with van der Waals surface area (Å²) in [5, 5.41) is 15.0. The van der Waals surface area contributed by atoms with Gasteiger partial charge in [-0.05, 0) is 41.0 Å². The Bertz CT molecular complexity index is 1040. The van der Waals surface area contributed by atoms with E-state index in [2.05, 4.69) is 34.9 Å². The molecule has 1 fully saturated rings. The van der Waals surface area contributed by atoms with Crippen LogP contribution in [-0.4, -0.2) is 41.3 Å². The van der Waals surface area contributed by atoms with E-state index in [9.17, 15) is 14.4 Å². The van der Waals surface area contributed by atoms with Gasteiger partial charge in [0, 0.05) is 18.4 Å². The van der Waals surface area contributed by atoms with Crippen LogP contribution in [0, 0.1) is 5.92 Å². The number of nitrogens with one attached hydrogen (secondary N) is 2. The normalized spacial score (nSPS) is 16.9. The van der Waals surface area contributed by atoms with Crippen LogP contribution in [0.25, 0.3) is 11.1 Å². The van der Waals surface area contributed by atoms with E-state index in [0.29, 0.717) is 12.8 Å². The minimum Gasteiger partial charge on any atom is -0.481 e. The first-order valence-corrected chi connectivity index (χ1v) is 12.4. The third kappa shape index (κ3) is 5.66. The molecule has 0 bridgehead atoms. The molecule has 186 valence electrons. The maximum Gasteiger partial charge on any atom is 0.407 e. The predicted molar refractivity (Wildman–Crippen MR) is 133 cm³/mol. The molecule has 0 unspecified atom stereocenters. The monoisotopic (exact) mass is 478 g/mol. The largest absolute Gasteiger partial charge is 0.481 e. The van der Waals surface area contributed by atoms with E-state index < -0.39 is 23.6 Å². The molecular formula is C28H34N2O5. The summed E-state index contributed by atoms with van der Waals surface area (Å²) in [6.07, 6.45) is 2.67. The molecule has 2 aliphatic rings. The lowest BCUT2D eigenvalue weighted by molar-refractivity contribution is -0.138. The molecule has 2 aromatic carbocycles. The Kier molecular flexibility index (Phi) is 7.43. The summed E-state index contributed by atoms with van der Waals surface area (Å²) in [4.78, 5) is 36.9. The molecule has 1 saturated carbocycles. The SMILES string of the molecule is CC(C)[C@H](CC(=O)O)NC(=O)CC1(NC(=O)OCC2c3ccccc3-c3ccccc32)CCCC1. The standard InChI is InChI=1S/C28H34N2O5/c1-18(2)24(15-26(32)33)29-25(31)16-28(13-7-8-14-28)30-27(34)35-17-23-21-11-5-3-9-19(21)20-10-4-6-12-22(20)23/h3-6,9-12,18,23-24H,7-8,13-17H2,1-2H3,(H,29,31)(H,30,34)(H,32,33)/t24-/m0/s1. The quantitative estimate of drug-likeness (QED) is 0.478. The van der Waals surface area contributed by atoms with Gasteiger partial charge in [0.05, 0.1) is 12.0 Å². The number of alkyl carbamates (subject to hydrolysis) is 1. The van der Waals surface area contributed by atoms with E-state index in [0.717, 1.165) is 24.0 Å². The highest BCUT2D eigenvalue weighted by molar-refractivity contribution is 5.81. The van der Waals surface area contributed by atoms with Gasteiger partial charge in [-0.25, -0.2) is 4.79 Å². The van der Waals surface area contributed by atoms with Crippen LogP contribution in [0.3, 0.4) is 0 Å². The van der Waals surface area contributed by atoms with Crippen LogP contribution < -0.4 is 10.6 Å². The zero-order chi connectivity index (χ0) is 25.0. The van der Waals surface area contributed by atoms with Gasteiger partial charge in [-0.3, -0.25) is 9.59 Å². The van der Waals surface area contributed by atoms with E-state index in [1.165, 1.54) is 11.1 Å². The number of aliphatic carboxylic acids is 1. The van der Waals surface area contributed by atoms with Crippen molar-refractivity contribution in [1.29, 1.82) is 0 Å². The lowest BCUT2D eigenvalue weighted by Gasteiger charge is -2.31. The molecule has 35 heavy (non-hydrogen) atoms. The van der Waals surface area contributed by atoms with E-state index >= 15 is 0 Å². The number of ether oxygens (including phenoxy) is 1. The Hall–Kier alpha value is -3.35.